The Labute approximate surface area is 134 Å². The van der Waals surface area contributed by atoms with Crippen molar-refractivity contribution in [3.63, 3.8) is 0 Å². The predicted octanol–water partition coefficient (Wildman–Crippen LogP) is 4.90. The van der Waals surface area contributed by atoms with Gasteiger partial charge in [-0.2, -0.15) is 0 Å². The molecule has 0 N–H and O–H groups in total. The monoisotopic (exact) mass is 310 g/mol. The highest BCUT2D eigenvalue weighted by atomic mass is 16.5. The minimum absolute atomic E-state index is 0.0230. The van der Waals surface area contributed by atoms with Crippen molar-refractivity contribution in [2.75, 3.05) is 0 Å². The molecule has 0 radical (unpaired) electrons. The summed E-state index contributed by atoms with van der Waals surface area (Å²) in [6.45, 7) is 8.91. The summed E-state index contributed by atoms with van der Waals surface area (Å²) in [6, 6.07) is 0. The van der Waals surface area contributed by atoms with Gasteiger partial charge in [0, 0.05) is 0 Å². The van der Waals surface area contributed by atoms with Crippen LogP contribution in [0.5, 0.6) is 0 Å². The van der Waals surface area contributed by atoms with E-state index in [-0.39, 0.29) is 6.42 Å². The molecule has 0 amide bonds. The molecule has 0 aliphatic rings. The van der Waals surface area contributed by atoms with Gasteiger partial charge in [-0.05, 0) is 6.42 Å². The molecule has 0 aliphatic heterocycles. The van der Waals surface area contributed by atoms with Gasteiger partial charge in [0.1, 0.15) is 0 Å². The zero-order valence-corrected chi connectivity index (χ0v) is 13.9. The molecule has 0 aromatic carbocycles. The smallest absolute Gasteiger partial charge is 0.314 e. The minimum Gasteiger partial charge on any atom is -0.435 e. The van der Waals surface area contributed by atoms with Crippen LogP contribution in [-0.2, 0) is 19.1 Å². The Morgan fingerprint density at radius 2 is 1.45 bits per heavy atom. The van der Waals surface area contributed by atoms with Crippen molar-refractivity contribution in [2.45, 2.75) is 71.1 Å². The van der Waals surface area contributed by atoms with E-state index in [2.05, 4.69) is 24.8 Å². The largest absolute Gasteiger partial charge is 0.435 e. The molecule has 0 aromatic rings. The number of hydrogen-bond donors (Lipinski definition) is 0. The lowest BCUT2D eigenvalue weighted by Crippen LogP contribution is -2.20. The standard InChI is InChI=1S/C18H30O4/c1-4-7-8-9-10-11-12-13-14-16(18(20)22-6-3)15-17(19)21-5-2/h5-6,16H,2-4,7-15H2,1H3. The van der Waals surface area contributed by atoms with E-state index in [1.54, 1.807) is 0 Å². The normalized spacial score (nSPS) is 11.5. The van der Waals surface area contributed by atoms with E-state index >= 15 is 0 Å². The van der Waals surface area contributed by atoms with Gasteiger partial charge in [0.05, 0.1) is 24.9 Å². The van der Waals surface area contributed by atoms with Crippen LogP contribution in [0.25, 0.3) is 0 Å². The molecule has 0 fully saturated rings. The summed E-state index contributed by atoms with van der Waals surface area (Å²) < 4.78 is 9.47. The van der Waals surface area contributed by atoms with Crippen molar-refractivity contribution in [3.8, 4) is 0 Å². The lowest BCUT2D eigenvalue weighted by Gasteiger charge is -2.13. The molecule has 0 rings (SSSR count). The third-order valence-electron chi connectivity index (χ3n) is 3.57. The first-order chi connectivity index (χ1) is 10.7. The minimum atomic E-state index is -0.467. The second-order valence-corrected chi connectivity index (χ2v) is 5.42. The van der Waals surface area contributed by atoms with E-state index in [0.29, 0.717) is 6.42 Å². The number of unbranched alkanes of at least 4 members (excludes halogenated alkanes) is 7. The van der Waals surface area contributed by atoms with Crippen LogP contribution in [-0.4, -0.2) is 11.9 Å². The molecular formula is C18H30O4. The topological polar surface area (TPSA) is 52.6 Å². The van der Waals surface area contributed by atoms with Gasteiger partial charge < -0.3 is 9.47 Å². The van der Waals surface area contributed by atoms with Crippen molar-refractivity contribution >= 4 is 11.9 Å². The maximum atomic E-state index is 11.8. The fourth-order valence-corrected chi connectivity index (χ4v) is 2.35. The van der Waals surface area contributed by atoms with Crippen LogP contribution < -0.4 is 0 Å². The number of hydrogen-bond acceptors (Lipinski definition) is 4. The molecule has 0 aliphatic carbocycles. The van der Waals surface area contributed by atoms with Gasteiger partial charge in [-0.15, -0.1) is 0 Å². The fraction of sp³-hybridized carbons (Fsp3) is 0.667. The molecule has 0 aromatic heterocycles. The van der Waals surface area contributed by atoms with Crippen LogP contribution in [0.3, 0.4) is 0 Å². The summed E-state index contributed by atoms with van der Waals surface area (Å²) in [5.41, 5.74) is 0. The Morgan fingerprint density at radius 3 is 2.00 bits per heavy atom. The van der Waals surface area contributed by atoms with Crippen LogP contribution in [0.1, 0.15) is 71.1 Å². The zero-order chi connectivity index (χ0) is 16.6. The average molecular weight is 310 g/mol. The molecule has 1 atom stereocenters. The maximum Gasteiger partial charge on any atom is 0.314 e. The Morgan fingerprint density at radius 1 is 0.909 bits per heavy atom. The van der Waals surface area contributed by atoms with Crippen LogP contribution in [0.15, 0.2) is 25.7 Å². The average Bonchev–Trinajstić information content (AvgIpc) is 2.49. The highest BCUT2D eigenvalue weighted by molar-refractivity contribution is 5.80. The van der Waals surface area contributed by atoms with Crippen LogP contribution >= 0.6 is 0 Å². The van der Waals surface area contributed by atoms with Gasteiger partial charge in [0.2, 0.25) is 0 Å². The summed E-state index contributed by atoms with van der Waals surface area (Å²) in [5.74, 6) is -1.34. The van der Waals surface area contributed by atoms with Crippen molar-refractivity contribution in [1.82, 2.24) is 0 Å². The third kappa shape index (κ3) is 11.1. The second kappa shape index (κ2) is 14.4. The van der Waals surface area contributed by atoms with Gasteiger partial charge in [-0.1, -0.05) is 71.4 Å². The molecule has 0 heterocycles. The molecule has 0 bridgehead atoms. The zero-order valence-electron chi connectivity index (χ0n) is 13.9. The first-order valence-electron chi connectivity index (χ1n) is 8.27. The van der Waals surface area contributed by atoms with Gasteiger partial charge in [-0.25, -0.2) is 0 Å². The van der Waals surface area contributed by atoms with E-state index in [9.17, 15) is 9.59 Å². The molecule has 22 heavy (non-hydrogen) atoms. The Balaban J connectivity index is 3.97. The summed E-state index contributed by atoms with van der Waals surface area (Å²) in [6.07, 6.45) is 12.4. The number of ether oxygens (including phenoxy) is 2. The molecular weight excluding hydrogens is 280 g/mol. The number of carbonyl (C=O) groups excluding carboxylic acids is 2. The van der Waals surface area contributed by atoms with E-state index in [1.165, 1.54) is 38.5 Å². The summed E-state index contributed by atoms with van der Waals surface area (Å²) in [5, 5.41) is 0. The Kier molecular flexibility index (Phi) is 13.3. The van der Waals surface area contributed by atoms with Crippen molar-refractivity contribution in [2.24, 2.45) is 5.92 Å². The Hall–Kier alpha value is -1.58. The van der Waals surface area contributed by atoms with Crippen LogP contribution in [0.4, 0.5) is 0 Å². The first-order valence-corrected chi connectivity index (χ1v) is 8.27. The SMILES string of the molecule is C=COC(=O)CC(CCCCCCCCCC)C(=O)OC=C. The lowest BCUT2D eigenvalue weighted by atomic mass is 9.97. The van der Waals surface area contributed by atoms with E-state index in [4.69, 9.17) is 4.74 Å². The molecule has 0 spiro atoms. The summed E-state index contributed by atoms with van der Waals surface area (Å²) in [4.78, 5) is 23.3. The van der Waals surface area contributed by atoms with Gasteiger partial charge in [0.15, 0.2) is 0 Å². The molecule has 4 heteroatoms. The fourth-order valence-electron chi connectivity index (χ4n) is 2.35. The van der Waals surface area contributed by atoms with E-state index < -0.39 is 17.9 Å². The van der Waals surface area contributed by atoms with E-state index in [1.807, 2.05) is 0 Å². The van der Waals surface area contributed by atoms with Crippen molar-refractivity contribution in [1.29, 1.82) is 0 Å². The van der Waals surface area contributed by atoms with Gasteiger partial charge in [0.25, 0.3) is 0 Å². The van der Waals surface area contributed by atoms with E-state index in [0.717, 1.165) is 25.4 Å². The number of esters is 2. The molecule has 1 unspecified atom stereocenters. The van der Waals surface area contributed by atoms with Crippen LogP contribution in [0.2, 0.25) is 0 Å². The third-order valence-corrected chi connectivity index (χ3v) is 3.57. The number of rotatable bonds is 14. The van der Waals surface area contributed by atoms with Gasteiger partial charge >= 0.3 is 11.9 Å². The first kappa shape index (κ1) is 20.4. The maximum absolute atomic E-state index is 11.8. The predicted molar refractivity (Wildman–Crippen MR) is 87.9 cm³/mol. The summed E-state index contributed by atoms with van der Waals surface area (Å²) in [7, 11) is 0. The number of carbonyl (C=O) groups is 2. The quantitative estimate of drug-likeness (QED) is 0.260. The molecule has 0 saturated heterocycles. The molecule has 0 saturated carbocycles. The van der Waals surface area contributed by atoms with Gasteiger partial charge in [-0.3, -0.25) is 9.59 Å². The summed E-state index contributed by atoms with van der Waals surface area (Å²) >= 11 is 0. The molecule has 126 valence electrons. The highest BCUT2D eigenvalue weighted by Crippen LogP contribution is 2.18. The van der Waals surface area contributed by atoms with Crippen molar-refractivity contribution in [3.05, 3.63) is 25.7 Å². The van der Waals surface area contributed by atoms with Crippen molar-refractivity contribution < 1.29 is 19.1 Å². The Bertz CT molecular complexity index is 336. The highest BCUT2D eigenvalue weighted by Gasteiger charge is 2.23. The lowest BCUT2D eigenvalue weighted by molar-refractivity contribution is -0.149. The van der Waals surface area contributed by atoms with Crippen LogP contribution in [0, 0.1) is 5.92 Å². The second-order valence-electron chi connectivity index (χ2n) is 5.42. The molecule has 4 nitrogen and oxygen atoms in total.